The molecule has 1 aliphatic heterocycles. The summed E-state index contributed by atoms with van der Waals surface area (Å²) < 4.78 is 5.79. The molecule has 1 saturated heterocycles. The Balaban J connectivity index is 0.00000261. The van der Waals surface area contributed by atoms with E-state index in [0.29, 0.717) is 18.5 Å². The minimum Gasteiger partial charge on any atom is -0.372 e. The van der Waals surface area contributed by atoms with E-state index < -0.39 is 0 Å². The van der Waals surface area contributed by atoms with Crippen LogP contribution in [0.25, 0.3) is 0 Å². The summed E-state index contributed by atoms with van der Waals surface area (Å²) in [6, 6.07) is 4.65. The second-order valence-corrected chi connectivity index (χ2v) is 7.72. The third-order valence-electron chi connectivity index (χ3n) is 5.19. The molecule has 0 amide bonds. The number of aliphatic imine (C=N–C) groups is 1. The molecule has 1 saturated carbocycles. The summed E-state index contributed by atoms with van der Waals surface area (Å²) in [7, 11) is 0. The van der Waals surface area contributed by atoms with Crippen LogP contribution in [0.15, 0.2) is 23.3 Å². The molecule has 3 N–H and O–H groups in total. The van der Waals surface area contributed by atoms with Crippen LogP contribution in [0.1, 0.15) is 57.9 Å². The molecular formula is C20H34IN5O. The fourth-order valence-electron chi connectivity index (χ4n) is 3.92. The maximum Gasteiger partial charge on any atom is 0.189 e. The Bertz CT molecular complexity index is 577. The lowest BCUT2D eigenvalue weighted by atomic mass is 10.1. The Morgan fingerprint density at radius 1 is 1.19 bits per heavy atom. The van der Waals surface area contributed by atoms with Gasteiger partial charge < -0.3 is 20.7 Å². The molecule has 1 aromatic heterocycles. The highest BCUT2D eigenvalue weighted by Crippen LogP contribution is 2.19. The number of aromatic nitrogens is 1. The third-order valence-corrected chi connectivity index (χ3v) is 5.19. The van der Waals surface area contributed by atoms with Gasteiger partial charge in [0.1, 0.15) is 5.82 Å². The lowest BCUT2D eigenvalue weighted by Gasteiger charge is -2.36. The number of morpholine rings is 1. The Morgan fingerprint density at radius 3 is 2.44 bits per heavy atom. The quantitative estimate of drug-likeness (QED) is 0.295. The van der Waals surface area contributed by atoms with Crippen molar-refractivity contribution in [2.75, 3.05) is 18.0 Å². The molecule has 0 aromatic carbocycles. The lowest BCUT2D eigenvalue weighted by Crippen LogP contribution is -2.45. The number of nitrogens with one attached hydrogen (secondary N) is 1. The summed E-state index contributed by atoms with van der Waals surface area (Å²) in [5, 5.41) is 3.39. The molecule has 0 radical (unpaired) electrons. The minimum absolute atomic E-state index is 0. The fourth-order valence-corrected chi connectivity index (χ4v) is 3.92. The van der Waals surface area contributed by atoms with E-state index in [1.54, 1.807) is 0 Å². The highest BCUT2D eigenvalue weighted by molar-refractivity contribution is 14.0. The van der Waals surface area contributed by atoms with Crippen LogP contribution >= 0.6 is 24.0 Å². The molecule has 0 bridgehead atoms. The van der Waals surface area contributed by atoms with Gasteiger partial charge in [-0.1, -0.05) is 31.7 Å². The summed E-state index contributed by atoms with van der Waals surface area (Å²) in [4.78, 5) is 11.4. The van der Waals surface area contributed by atoms with Gasteiger partial charge in [-0.15, -0.1) is 24.0 Å². The van der Waals surface area contributed by atoms with Crippen LogP contribution in [0.2, 0.25) is 0 Å². The average Bonchev–Trinajstić information content (AvgIpc) is 2.88. The highest BCUT2D eigenvalue weighted by Gasteiger charge is 2.22. The largest absolute Gasteiger partial charge is 0.372 e. The van der Waals surface area contributed by atoms with Crippen molar-refractivity contribution in [3.8, 4) is 0 Å². The van der Waals surface area contributed by atoms with Crippen LogP contribution in [0, 0.1) is 0 Å². The van der Waals surface area contributed by atoms with Gasteiger partial charge in [-0.25, -0.2) is 9.98 Å². The SMILES string of the molecule is CC1CN(c2ccc(CN=C(N)NC3CCCCCC3)cn2)CC(C)O1.I. The molecule has 27 heavy (non-hydrogen) atoms. The second-order valence-electron chi connectivity index (χ2n) is 7.72. The van der Waals surface area contributed by atoms with E-state index in [9.17, 15) is 0 Å². The van der Waals surface area contributed by atoms with Crippen molar-refractivity contribution in [1.29, 1.82) is 0 Å². The van der Waals surface area contributed by atoms with Gasteiger partial charge in [0.05, 0.1) is 18.8 Å². The van der Waals surface area contributed by atoms with Gasteiger partial charge >= 0.3 is 0 Å². The third kappa shape index (κ3) is 7.10. The van der Waals surface area contributed by atoms with E-state index in [1.807, 2.05) is 6.20 Å². The van der Waals surface area contributed by atoms with Crippen molar-refractivity contribution >= 4 is 35.8 Å². The molecule has 0 spiro atoms. The first-order valence-corrected chi connectivity index (χ1v) is 10.0. The van der Waals surface area contributed by atoms with Crippen molar-refractivity contribution in [2.24, 2.45) is 10.7 Å². The molecule has 1 aliphatic carbocycles. The smallest absolute Gasteiger partial charge is 0.189 e. The van der Waals surface area contributed by atoms with Gasteiger partial charge in [0.25, 0.3) is 0 Å². The predicted molar refractivity (Wildman–Crippen MR) is 122 cm³/mol. The van der Waals surface area contributed by atoms with Crippen LogP contribution in [0.5, 0.6) is 0 Å². The van der Waals surface area contributed by atoms with E-state index >= 15 is 0 Å². The number of nitrogens with zero attached hydrogens (tertiary/aromatic N) is 3. The number of hydrogen-bond acceptors (Lipinski definition) is 4. The summed E-state index contributed by atoms with van der Waals surface area (Å²) >= 11 is 0. The fraction of sp³-hybridized carbons (Fsp3) is 0.700. The van der Waals surface area contributed by atoms with Gasteiger partial charge in [0, 0.05) is 25.3 Å². The first kappa shape index (κ1) is 22.2. The molecule has 7 heteroatoms. The Hall–Kier alpha value is -1.09. The van der Waals surface area contributed by atoms with Crippen LogP contribution in [-0.4, -0.2) is 42.3 Å². The first-order chi connectivity index (χ1) is 12.6. The number of anilines is 1. The molecule has 2 unspecified atom stereocenters. The normalized spacial score (nSPS) is 24.8. The maximum absolute atomic E-state index is 6.08. The average molecular weight is 487 g/mol. The summed E-state index contributed by atoms with van der Waals surface area (Å²) in [5.74, 6) is 1.56. The van der Waals surface area contributed by atoms with Crippen molar-refractivity contribution in [2.45, 2.75) is 77.2 Å². The topological polar surface area (TPSA) is 75.8 Å². The molecular weight excluding hydrogens is 453 g/mol. The highest BCUT2D eigenvalue weighted by atomic mass is 127. The Labute approximate surface area is 180 Å². The Kier molecular flexibility index (Phi) is 9.08. The number of guanidine groups is 1. The van der Waals surface area contributed by atoms with Crippen LogP contribution < -0.4 is 16.0 Å². The second kappa shape index (κ2) is 11.0. The molecule has 2 heterocycles. The zero-order valence-corrected chi connectivity index (χ0v) is 18.9. The number of nitrogens with two attached hydrogens (primary N) is 1. The minimum atomic E-state index is 0. The molecule has 3 rings (SSSR count). The standard InChI is InChI=1S/C20H33N5O.HI/c1-15-13-25(14-16(2)26-15)19-10-9-17(11-22-19)12-23-20(21)24-18-7-5-3-4-6-8-18;/h9-11,15-16,18H,3-8,12-14H2,1-2H3,(H3,21,23,24);1H. The molecule has 1 aromatic rings. The van der Waals surface area contributed by atoms with Gasteiger partial charge in [-0.2, -0.15) is 0 Å². The van der Waals surface area contributed by atoms with Crippen molar-refractivity contribution in [1.82, 2.24) is 10.3 Å². The zero-order valence-electron chi connectivity index (χ0n) is 16.6. The van der Waals surface area contributed by atoms with Crippen molar-refractivity contribution in [3.63, 3.8) is 0 Å². The van der Waals surface area contributed by atoms with E-state index in [-0.39, 0.29) is 36.2 Å². The van der Waals surface area contributed by atoms with Crippen LogP contribution in [0.3, 0.4) is 0 Å². The summed E-state index contributed by atoms with van der Waals surface area (Å²) in [6.45, 7) is 6.54. The van der Waals surface area contributed by atoms with E-state index in [0.717, 1.165) is 24.5 Å². The summed E-state index contributed by atoms with van der Waals surface area (Å²) in [5.41, 5.74) is 7.15. The van der Waals surface area contributed by atoms with Crippen LogP contribution in [-0.2, 0) is 11.3 Å². The number of pyridine rings is 1. The molecule has 152 valence electrons. The monoisotopic (exact) mass is 487 g/mol. The number of rotatable bonds is 4. The number of ether oxygens (including phenoxy) is 1. The van der Waals surface area contributed by atoms with Crippen molar-refractivity contribution in [3.05, 3.63) is 23.9 Å². The van der Waals surface area contributed by atoms with E-state index in [2.05, 4.69) is 46.2 Å². The zero-order chi connectivity index (χ0) is 18.4. The molecule has 2 aliphatic rings. The molecule has 2 atom stereocenters. The van der Waals surface area contributed by atoms with Gasteiger partial charge in [0.2, 0.25) is 0 Å². The van der Waals surface area contributed by atoms with Gasteiger partial charge in [-0.3, -0.25) is 0 Å². The number of hydrogen-bond donors (Lipinski definition) is 2. The molecule has 2 fully saturated rings. The number of halogens is 1. The first-order valence-electron chi connectivity index (χ1n) is 10.0. The van der Waals surface area contributed by atoms with Crippen molar-refractivity contribution < 1.29 is 4.74 Å². The summed E-state index contributed by atoms with van der Waals surface area (Å²) in [6.07, 6.45) is 10.0. The van der Waals surface area contributed by atoms with Crippen LogP contribution in [0.4, 0.5) is 5.82 Å². The van der Waals surface area contributed by atoms with Gasteiger partial charge in [-0.05, 0) is 38.3 Å². The predicted octanol–water partition coefficient (Wildman–Crippen LogP) is 3.44. The van der Waals surface area contributed by atoms with E-state index in [1.165, 1.54) is 38.5 Å². The lowest BCUT2D eigenvalue weighted by molar-refractivity contribution is -0.00545. The van der Waals surface area contributed by atoms with E-state index in [4.69, 9.17) is 10.5 Å². The Morgan fingerprint density at radius 2 is 1.85 bits per heavy atom. The van der Waals surface area contributed by atoms with Gasteiger partial charge in [0.15, 0.2) is 5.96 Å². The molecule has 6 nitrogen and oxygen atoms in total. The maximum atomic E-state index is 6.08.